The van der Waals surface area contributed by atoms with Gasteiger partial charge in [-0.1, -0.05) is 26.0 Å². The summed E-state index contributed by atoms with van der Waals surface area (Å²) in [4.78, 5) is 11.6. The summed E-state index contributed by atoms with van der Waals surface area (Å²) in [6.07, 6.45) is 4.76. The number of carboxylic acid groups (broad SMARTS) is 1. The van der Waals surface area contributed by atoms with E-state index >= 15 is 0 Å². The van der Waals surface area contributed by atoms with Gasteiger partial charge in [0.25, 0.3) is 0 Å². The van der Waals surface area contributed by atoms with E-state index in [-0.39, 0.29) is 5.92 Å². The Labute approximate surface area is 188 Å². The van der Waals surface area contributed by atoms with Crippen LogP contribution in [0, 0.1) is 5.92 Å². The lowest BCUT2D eigenvalue weighted by Crippen LogP contribution is -2.46. The Kier molecular flexibility index (Phi) is 6.83. The first-order valence-electron chi connectivity index (χ1n) is 10.5. The van der Waals surface area contributed by atoms with Gasteiger partial charge in [-0.3, -0.25) is 0 Å². The molecule has 8 heteroatoms. The number of rotatable bonds is 10. The Hall–Kier alpha value is -3.00. The normalized spacial score (nSPS) is 13.8. The molecule has 1 atom stereocenters. The molecule has 0 fully saturated rings. The molecule has 1 heterocycles. The zero-order valence-corrected chi connectivity index (χ0v) is 19.6. The van der Waals surface area contributed by atoms with Crippen LogP contribution in [0.1, 0.15) is 32.8 Å². The van der Waals surface area contributed by atoms with Crippen LogP contribution in [0.2, 0.25) is 0 Å². The van der Waals surface area contributed by atoms with E-state index in [4.69, 9.17) is 8.92 Å². The van der Waals surface area contributed by atoms with Crippen LogP contribution in [-0.2, 0) is 27.9 Å². The monoisotopic (exact) mass is 459 g/mol. The van der Waals surface area contributed by atoms with Crippen LogP contribution in [0.3, 0.4) is 0 Å². The van der Waals surface area contributed by atoms with E-state index in [2.05, 4.69) is 4.57 Å². The summed E-state index contributed by atoms with van der Waals surface area (Å²) in [7, 11) is -3.55. The van der Waals surface area contributed by atoms with Gasteiger partial charge in [-0.2, -0.15) is 8.42 Å². The molecule has 2 aromatic carbocycles. The maximum Gasteiger partial charge on any atom is 0.348 e. The van der Waals surface area contributed by atoms with Gasteiger partial charge >= 0.3 is 16.1 Å². The van der Waals surface area contributed by atoms with E-state index in [1.54, 1.807) is 19.1 Å². The largest absolute Gasteiger partial charge is 0.478 e. The van der Waals surface area contributed by atoms with E-state index < -0.39 is 21.7 Å². The van der Waals surface area contributed by atoms with Crippen molar-refractivity contribution in [2.75, 3.05) is 6.26 Å². The molecule has 1 N–H and O–H groups in total. The second-order valence-corrected chi connectivity index (χ2v) is 10.0. The summed E-state index contributed by atoms with van der Waals surface area (Å²) in [5.41, 5.74) is 0.874. The maximum absolute atomic E-state index is 11.6. The van der Waals surface area contributed by atoms with E-state index in [0.717, 1.165) is 42.1 Å². The molecule has 0 saturated carbocycles. The number of nitrogens with zero attached hydrogens (tertiary/aromatic N) is 1. The lowest BCUT2D eigenvalue weighted by molar-refractivity contribution is -0.157. The van der Waals surface area contributed by atoms with Crippen molar-refractivity contribution in [2.45, 2.75) is 45.8 Å². The minimum atomic E-state index is -3.55. The number of hydrogen-bond donors (Lipinski definition) is 1. The molecule has 0 aliphatic carbocycles. The maximum atomic E-state index is 11.6. The van der Waals surface area contributed by atoms with Crippen LogP contribution in [0.25, 0.3) is 10.9 Å². The average Bonchev–Trinajstić information content (AvgIpc) is 3.10. The molecule has 0 aliphatic rings. The molecule has 0 aliphatic heterocycles. The smallest absolute Gasteiger partial charge is 0.348 e. The first-order chi connectivity index (χ1) is 15.0. The number of carboxylic acids is 1. The van der Waals surface area contributed by atoms with Crippen LogP contribution in [-0.4, -0.2) is 35.9 Å². The molecular weight excluding hydrogens is 430 g/mol. The summed E-state index contributed by atoms with van der Waals surface area (Å²) in [5.74, 6) is -0.317. The third-order valence-corrected chi connectivity index (χ3v) is 6.13. The highest BCUT2D eigenvalue weighted by Crippen LogP contribution is 2.27. The highest BCUT2D eigenvalue weighted by molar-refractivity contribution is 7.86. The lowest BCUT2D eigenvalue weighted by atomic mass is 9.92. The van der Waals surface area contributed by atoms with Crippen molar-refractivity contribution in [3.05, 3.63) is 60.3 Å². The first-order valence-corrected chi connectivity index (χ1v) is 12.3. The molecule has 1 aromatic heterocycles. The van der Waals surface area contributed by atoms with Gasteiger partial charge in [-0.25, -0.2) is 4.79 Å². The van der Waals surface area contributed by atoms with E-state index in [0.29, 0.717) is 11.5 Å². The van der Waals surface area contributed by atoms with Crippen molar-refractivity contribution < 1.29 is 27.2 Å². The molecule has 172 valence electrons. The number of benzene rings is 2. The molecule has 32 heavy (non-hydrogen) atoms. The zero-order valence-electron chi connectivity index (χ0n) is 18.7. The molecule has 0 spiro atoms. The Morgan fingerprint density at radius 1 is 1.09 bits per heavy atom. The summed E-state index contributed by atoms with van der Waals surface area (Å²) < 4.78 is 35.5. The van der Waals surface area contributed by atoms with E-state index in [1.165, 1.54) is 0 Å². The summed E-state index contributed by atoms with van der Waals surface area (Å²) >= 11 is 0. The predicted molar refractivity (Wildman–Crippen MR) is 124 cm³/mol. The predicted octanol–water partition coefficient (Wildman–Crippen LogP) is 4.49. The third-order valence-electron chi connectivity index (χ3n) is 5.63. The number of fused-ring (bicyclic) bond motifs is 1. The third kappa shape index (κ3) is 5.62. The number of carbonyl (C=O) groups is 1. The van der Waals surface area contributed by atoms with Crippen LogP contribution < -0.4 is 8.92 Å². The van der Waals surface area contributed by atoms with Gasteiger partial charge in [-0.15, -0.1) is 0 Å². The fourth-order valence-corrected chi connectivity index (χ4v) is 3.88. The molecule has 0 bridgehead atoms. The average molecular weight is 460 g/mol. The molecule has 0 radical (unpaired) electrons. The zero-order chi connectivity index (χ0) is 23.5. The van der Waals surface area contributed by atoms with Crippen LogP contribution in [0.5, 0.6) is 11.5 Å². The summed E-state index contributed by atoms with van der Waals surface area (Å²) in [5, 5.41) is 10.4. The minimum Gasteiger partial charge on any atom is -0.478 e. The van der Waals surface area contributed by atoms with Gasteiger partial charge in [0, 0.05) is 29.6 Å². The number of aryl methyl sites for hydroxylation is 2. The van der Waals surface area contributed by atoms with Crippen molar-refractivity contribution in [3.8, 4) is 11.5 Å². The van der Waals surface area contributed by atoms with Crippen molar-refractivity contribution >= 4 is 27.0 Å². The number of ether oxygens (including phenoxy) is 1. The van der Waals surface area contributed by atoms with Gasteiger partial charge < -0.3 is 18.6 Å². The number of hydrogen-bond acceptors (Lipinski definition) is 5. The van der Waals surface area contributed by atoms with Crippen molar-refractivity contribution in [3.63, 3.8) is 0 Å². The highest BCUT2D eigenvalue weighted by atomic mass is 32.2. The Balaban J connectivity index is 1.60. The Morgan fingerprint density at radius 2 is 1.75 bits per heavy atom. The molecule has 0 saturated heterocycles. The topological polar surface area (TPSA) is 94.8 Å². The quantitative estimate of drug-likeness (QED) is 0.449. The molecule has 1 unspecified atom stereocenters. The van der Waals surface area contributed by atoms with Gasteiger partial charge in [-0.05, 0) is 61.7 Å². The van der Waals surface area contributed by atoms with E-state index in [1.807, 2.05) is 56.4 Å². The first kappa shape index (κ1) is 23.7. The van der Waals surface area contributed by atoms with Gasteiger partial charge in [0.15, 0.2) is 0 Å². The minimum absolute atomic E-state index is 0.176. The molecule has 0 amide bonds. The van der Waals surface area contributed by atoms with Crippen LogP contribution >= 0.6 is 0 Å². The van der Waals surface area contributed by atoms with Crippen LogP contribution in [0.4, 0.5) is 0 Å². The van der Waals surface area contributed by atoms with Crippen molar-refractivity contribution in [1.29, 1.82) is 0 Å². The number of aliphatic carboxylic acids is 1. The summed E-state index contributed by atoms with van der Waals surface area (Å²) in [6, 6.07) is 14.7. The second kappa shape index (κ2) is 9.24. The molecule has 3 rings (SSSR count). The fraction of sp³-hybridized carbons (Fsp3) is 0.375. The molecule has 3 aromatic rings. The highest BCUT2D eigenvalue weighted by Gasteiger charge is 2.39. The van der Waals surface area contributed by atoms with Gasteiger partial charge in [0.2, 0.25) is 5.60 Å². The second-order valence-electron chi connectivity index (χ2n) is 8.43. The fourth-order valence-electron chi connectivity index (χ4n) is 3.43. The number of aromatic nitrogens is 1. The lowest BCUT2D eigenvalue weighted by Gasteiger charge is -2.30. The molecule has 7 nitrogen and oxygen atoms in total. The van der Waals surface area contributed by atoms with Crippen molar-refractivity contribution in [1.82, 2.24) is 4.57 Å². The van der Waals surface area contributed by atoms with Crippen LogP contribution in [0.15, 0.2) is 54.7 Å². The van der Waals surface area contributed by atoms with Gasteiger partial charge in [0.05, 0.1) is 6.26 Å². The Morgan fingerprint density at radius 3 is 2.34 bits per heavy atom. The standard InChI is InChI=1S/C24H29NO6S/c1-17(2)24(3,23(26)27)30-20-9-7-18(8-10-20)6-5-14-25-15-13-19-16-21(11-12-22(19)25)31-32(4,28)29/h7-13,15-17H,5-6,14H2,1-4H3,(H,26,27). The van der Waals surface area contributed by atoms with Gasteiger partial charge in [0.1, 0.15) is 11.5 Å². The molecular formula is C24H29NO6S. The van der Waals surface area contributed by atoms with Crippen molar-refractivity contribution in [2.24, 2.45) is 5.92 Å². The van der Waals surface area contributed by atoms with E-state index in [9.17, 15) is 18.3 Å². The SMILES string of the molecule is CC(C)C(C)(Oc1ccc(CCCn2ccc3cc(OS(C)(=O)=O)ccc32)cc1)C(=O)O. The Bertz CT molecular complexity index is 1200. The summed E-state index contributed by atoms with van der Waals surface area (Å²) in [6.45, 7) is 6.05.